The summed E-state index contributed by atoms with van der Waals surface area (Å²) >= 11 is 0. The van der Waals surface area contributed by atoms with E-state index in [1.165, 1.54) is 24.3 Å². The minimum absolute atomic E-state index is 0.220. The molecule has 0 heterocycles. The number of alkyl halides is 3. The second-order valence-corrected chi connectivity index (χ2v) is 5.81. The van der Waals surface area contributed by atoms with E-state index in [-0.39, 0.29) is 4.90 Å². The average molecular weight is 238 g/mol. The Morgan fingerprint density at radius 2 is 1.60 bits per heavy atom. The smallest absolute Gasteiger partial charge is 0.121 e. The van der Waals surface area contributed by atoms with Gasteiger partial charge in [-0.1, -0.05) is 22.4 Å². The van der Waals surface area contributed by atoms with Crippen LogP contribution in [-0.2, 0) is 14.3 Å². The van der Waals surface area contributed by atoms with Crippen LogP contribution in [0.4, 0.5) is 13.2 Å². The predicted molar refractivity (Wildman–Crippen MR) is 52.5 cm³/mol. The van der Waals surface area contributed by atoms with Crippen molar-refractivity contribution in [2.75, 3.05) is 14.1 Å². The van der Waals surface area contributed by atoms with Crippen molar-refractivity contribution in [2.45, 2.75) is 10.4 Å². The van der Waals surface area contributed by atoms with E-state index >= 15 is 0 Å². The molecule has 0 N–H and O–H groups in total. The molecule has 1 aromatic rings. The summed E-state index contributed by atoms with van der Waals surface area (Å²) in [6, 6.07) is 6.88. The summed E-state index contributed by atoms with van der Waals surface area (Å²) in [5, 5.41) is 0. The maximum absolute atomic E-state index is 12.7. The fraction of sp³-hybridized carbons (Fsp3) is 0.333. The summed E-state index contributed by atoms with van der Waals surface area (Å²) in [5.41, 5.74) is -4.77. The Bertz CT molecular complexity index is 375. The largest absolute Gasteiger partial charge is 0.601 e. The van der Waals surface area contributed by atoms with Crippen LogP contribution >= 0.6 is 0 Å². The lowest BCUT2D eigenvalue weighted by Crippen LogP contribution is -2.42. The predicted octanol–water partition coefficient (Wildman–Crippen LogP) is 2.54. The van der Waals surface area contributed by atoms with Gasteiger partial charge in [-0.05, 0) is 12.1 Å². The molecule has 0 aliphatic heterocycles. The molecule has 0 aliphatic carbocycles. The lowest BCUT2D eigenvalue weighted by molar-refractivity contribution is -0.0465. The fourth-order valence-electron chi connectivity index (χ4n) is 1.16. The molecule has 0 radical (unpaired) electrons. The van der Waals surface area contributed by atoms with Crippen LogP contribution in [-0.4, -0.2) is 23.9 Å². The van der Waals surface area contributed by atoms with Gasteiger partial charge in [0.05, 0.1) is 0 Å². The van der Waals surface area contributed by atoms with Gasteiger partial charge >= 0.3 is 5.51 Å². The molecule has 0 fully saturated rings. The zero-order valence-electron chi connectivity index (χ0n) is 8.28. The van der Waals surface area contributed by atoms with Crippen LogP contribution < -0.4 is 0 Å². The van der Waals surface area contributed by atoms with E-state index < -0.39 is 15.6 Å². The van der Waals surface area contributed by atoms with Crippen molar-refractivity contribution in [1.82, 2.24) is 4.31 Å². The number of hydrogen-bond acceptors (Lipinski definition) is 1. The van der Waals surface area contributed by atoms with Gasteiger partial charge < -0.3 is 0 Å². The van der Waals surface area contributed by atoms with E-state index in [9.17, 15) is 17.4 Å². The van der Waals surface area contributed by atoms with Crippen LogP contribution in [0.25, 0.3) is 0 Å². The number of halogens is 3. The second kappa shape index (κ2) is 3.94. The highest BCUT2D eigenvalue weighted by molar-refractivity contribution is 8.01. The van der Waals surface area contributed by atoms with Gasteiger partial charge in [0.1, 0.15) is 0 Å². The van der Waals surface area contributed by atoms with Gasteiger partial charge in [-0.3, -0.25) is 0 Å². The van der Waals surface area contributed by atoms with Crippen molar-refractivity contribution in [3.8, 4) is 0 Å². The van der Waals surface area contributed by atoms with Crippen molar-refractivity contribution in [3.05, 3.63) is 30.3 Å². The van der Waals surface area contributed by atoms with Crippen molar-refractivity contribution in [2.24, 2.45) is 0 Å². The van der Waals surface area contributed by atoms with Crippen LogP contribution in [0.2, 0.25) is 0 Å². The van der Waals surface area contributed by atoms with Crippen LogP contribution in [0.3, 0.4) is 0 Å². The highest BCUT2D eigenvalue weighted by Crippen LogP contribution is 2.38. The Balaban J connectivity index is 3.33. The van der Waals surface area contributed by atoms with Gasteiger partial charge in [-0.2, -0.15) is 0 Å². The molecule has 6 heteroatoms. The molecule has 0 spiro atoms. The highest BCUT2D eigenvalue weighted by atomic mass is 32.3. The van der Waals surface area contributed by atoms with E-state index in [2.05, 4.69) is 0 Å². The Labute approximate surface area is 87.3 Å². The molecule has 1 atom stereocenters. The summed E-state index contributed by atoms with van der Waals surface area (Å²) < 4.78 is 50.8. The number of benzene rings is 1. The molecule has 0 saturated carbocycles. The van der Waals surface area contributed by atoms with Crippen LogP contribution in [0.5, 0.6) is 0 Å². The average Bonchev–Trinajstić information content (AvgIpc) is 2.16. The van der Waals surface area contributed by atoms with Crippen LogP contribution in [0.15, 0.2) is 35.2 Å². The third-order valence-corrected chi connectivity index (χ3v) is 4.46. The first-order valence-corrected chi connectivity index (χ1v) is 5.64. The van der Waals surface area contributed by atoms with Crippen molar-refractivity contribution < 1.29 is 17.4 Å². The fourth-order valence-corrected chi connectivity index (χ4v) is 2.79. The molecule has 0 bridgehead atoms. The molecule has 15 heavy (non-hydrogen) atoms. The molecular formula is C9H11F3NOS+. The minimum atomic E-state index is -4.77. The lowest BCUT2D eigenvalue weighted by atomic mass is 10.4. The zero-order chi connectivity index (χ0) is 11.7. The van der Waals surface area contributed by atoms with E-state index in [4.69, 9.17) is 0 Å². The van der Waals surface area contributed by atoms with Crippen molar-refractivity contribution in [3.63, 3.8) is 0 Å². The maximum Gasteiger partial charge on any atom is 0.601 e. The molecule has 1 rings (SSSR count). The van der Waals surface area contributed by atoms with Crippen molar-refractivity contribution >= 4 is 10.1 Å². The molecule has 0 amide bonds. The monoisotopic (exact) mass is 238 g/mol. The Morgan fingerprint density at radius 1 is 1.13 bits per heavy atom. The molecule has 0 aromatic heterocycles. The van der Waals surface area contributed by atoms with Crippen molar-refractivity contribution in [1.29, 1.82) is 0 Å². The summed E-state index contributed by atoms with van der Waals surface area (Å²) in [6.07, 6.45) is 0. The quantitative estimate of drug-likeness (QED) is 0.725. The first-order chi connectivity index (χ1) is 6.80. The third-order valence-electron chi connectivity index (χ3n) is 1.89. The van der Waals surface area contributed by atoms with E-state index in [1.807, 2.05) is 0 Å². The standard InChI is InChI=1S/C9H11F3NOS/c1-13(2)15(14,9(10,11)12)8-6-4-3-5-7-8/h3-7H,1-2H3/q+1. The Kier molecular flexibility index (Phi) is 3.20. The minimum Gasteiger partial charge on any atom is -0.121 e. The normalized spacial score (nSPS) is 16.4. The SMILES string of the molecule is CN(C)[S+](=O)(c1ccccc1)C(F)(F)F. The highest BCUT2D eigenvalue weighted by Gasteiger charge is 2.62. The molecule has 84 valence electrons. The van der Waals surface area contributed by atoms with Gasteiger partial charge in [0.15, 0.2) is 4.90 Å². The maximum atomic E-state index is 12.7. The molecule has 1 unspecified atom stereocenters. The summed E-state index contributed by atoms with van der Waals surface area (Å²) in [7, 11) is -1.86. The molecular weight excluding hydrogens is 227 g/mol. The number of hydrogen-bond donors (Lipinski definition) is 0. The van der Waals surface area contributed by atoms with Gasteiger partial charge in [0.25, 0.3) is 10.1 Å². The molecule has 0 aliphatic rings. The van der Waals surface area contributed by atoms with Gasteiger partial charge in [0, 0.05) is 14.1 Å². The molecule has 2 nitrogen and oxygen atoms in total. The summed E-state index contributed by atoms with van der Waals surface area (Å²) in [6.45, 7) is 0. The molecule has 1 aromatic carbocycles. The lowest BCUT2D eigenvalue weighted by Gasteiger charge is -2.18. The van der Waals surface area contributed by atoms with E-state index in [0.29, 0.717) is 4.31 Å². The van der Waals surface area contributed by atoms with E-state index in [1.54, 1.807) is 6.07 Å². The number of nitrogens with zero attached hydrogens (tertiary/aromatic N) is 1. The Morgan fingerprint density at radius 3 is 1.93 bits per heavy atom. The summed E-state index contributed by atoms with van der Waals surface area (Å²) in [5.74, 6) is 0. The summed E-state index contributed by atoms with van der Waals surface area (Å²) in [4.78, 5) is -0.220. The molecule has 0 saturated heterocycles. The topological polar surface area (TPSA) is 20.3 Å². The number of rotatable bonds is 2. The van der Waals surface area contributed by atoms with Gasteiger partial charge in [0.2, 0.25) is 0 Å². The zero-order valence-corrected chi connectivity index (χ0v) is 9.10. The first kappa shape index (κ1) is 12.2. The van der Waals surface area contributed by atoms with Crippen LogP contribution in [0.1, 0.15) is 0 Å². The van der Waals surface area contributed by atoms with Crippen LogP contribution in [0, 0.1) is 0 Å². The third kappa shape index (κ3) is 2.05. The Hall–Kier alpha value is -0.880. The van der Waals surface area contributed by atoms with Gasteiger partial charge in [-0.15, -0.1) is 17.5 Å². The van der Waals surface area contributed by atoms with Gasteiger partial charge in [-0.25, -0.2) is 0 Å². The first-order valence-electron chi connectivity index (χ1n) is 4.13. The second-order valence-electron chi connectivity index (χ2n) is 3.10. The van der Waals surface area contributed by atoms with E-state index in [0.717, 1.165) is 14.1 Å².